The van der Waals surface area contributed by atoms with Crippen molar-refractivity contribution in [3.8, 4) is 0 Å². The molecule has 0 N–H and O–H groups in total. The molecule has 0 aliphatic carbocycles. The van der Waals surface area contributed by atoms with Crippen LogP contribution in [0.4, 0.5) is 4.39 Å². The lowest BCUT2D eigenvalue weighted by Crippen LogP contribution is -2.22. The van der Waals surface area contributed by atoms with Crippen molar-refractivity contribution >= 4 is 0 Å². The fraction of sp³-hybridized carbons (Fsp3) is 1.00. The normalized spacial score (nSPS) is 22.8. The third kappa shape index (κ3) is 3.83. The molecule has 0 spiro atoms. The first-order valence-electron chi connectivity index (χ1n) is 3.66. The molecule has 1 heterocycles. The highest BCUT2D eigenvalue weighted by Gasteiger charge is 2.20. The zero-order valence-corrected chi connectivity index (χ0v) is 7.11. The van der Waals surface area contributed by atoms with E-state index in [1.54, 1.807) is 0 Å². The molecule has 1 nitrogen and oxygen atoms in total. The van der Waals surface area contributed by atoms with Crippen LogP contribution in [0.15, 0.2) is 0 Å². The van der Waals surface area contributed by atoms with E-state index in [9.17, 15) is 4.39 Å². The Balaban J connectivity index is 0.000000371. The van der Waals surface area contributed by atoms with Gasteiger partial charge in [-0.15, -0.1) is 0 Å². The van der Waals surface area contributed by atoms with Gasteiger partial charge in [-0.25, -0.2) is 0 Å². The van der Waals surface area contributed by atoms with Crippen LogP contribution in [0.3, 0.4) is 0 Å². The quantitative estimate of drug-likeness (QED) is 0.512. The highest BCUT2D eigenvalue weighted by molar-refractivity contribution is 4.70. The molecule has 0 bridgehead atoms. The zero-order valence-electron chi connectivity index (χ0n) is 7.11. The Morgan fingerprint density at radius 1 is 1.10 bits per heavy atom. The van der Waals surface area contributed by atoms with Gasteiger partial charge in [0, 0.05) is 13.2 Å². The number of alkyl halides is 1. The Kier molecular flexibility index (Phi) is 4.62. The SMILES string of the molecule is CC1(C)CCOCC1.CF. The van der Waals surface area contributed by atoms with Gasteiger partial charge in [0.25, 0.3) is 0 Å². The van der Waals surface area contributed by atoms with Gasteiger partial charge in [-0.05, 0) is 18.3 Å². The van der Waals surface area contributed by atoms with E-state index >= 15 is 0 Å². The van der Waals surface area contributed by atoms with Crippen LogP contribution in [0.25, 0.3) is 0 Å². The van der Waals surface area contributed by atoms with E-state index in [1.165, 1.54) is 12.8 Å². The fourth-order valence-corrected chi connectivity index (χ4v) is 0.924. The molecule has 0 unspecified atom stereocenters. The minimum Gasteiger partial charge on any atom is -0.381 e. The zero-order chi connectivity index (χ0) is 8.04. The minimum absolute atomic E-state index is 0.500. The van der Waals surface area contributed by atoms with Gasteiger partial charge in [0.1, 0.15) is 0 Å². The third-order valence-corrected chi connectivity index (χ3v) is 1.85. The molecule has 10 heavy (non-hydrogen) atoms. The molecule has 1 saturated heterocycles. The molecule has 1 fully saturated rings. The number of halogens is 1. The summed E-state index contributed by atoms with van der Waals surface area (Å²) in [6.45, 7) is 6.53. The van der Waals surface area contributed by atoms with Crippen LogP contribution in [0.5, 0.6) is 0 Å². The first-order valence-corrected chi connectivity index (χ1v) is 3.66. The van der Waals surface area contributed by atoms with Gasteiger partial charge in [-0.1, -0.05) is 13.8 Å². The van der Waals surface area contributed by atoms with Gasteiger partial charge in [-0.3, -0.25) is 4.39 Å². The second-order valence-corrected chi connectivity index (χ2v) is 3.28. The first kappa shape index (κ1) is 9.89. The van der Waals surface area contributed by atoms with Crippen molar-refractivity contribution < 1.29 is 9.13 Å². The second kappa shape index (κ2) is 4.67. The average molecular weight is 148 g/mol. The lowest BCUT2D eigenvalue weighted by molar-refractivity contribution is 0.0327. The molecule has 0 atom stereocenters. The van der Waals surface area contributed by atoms with Gasteiger partial charge in [0.15, 0.2) is 0 Å². The molecule has 1 aliphatic heterocycles. The van der Waals surface area contributed by atoms with Gasteiger partial charge >= 0.3 is 0 Å². The Morgan fingerprint density at radius 3 is 1.70 bits per heavy atom. The van der Waals surface area contributed by atoms with Crippen LogP contribution in [0.1, 0.15) is 26.7 Å². The second-order valence-electron chi connectivity index (χ2n) is 3.28. The summed E-state index contributed by atoms with van der Waals surface area (Å²) in [6, 6.07) is 0. The number of rotatable bonds is 0. The van der Waals surface area contributed by atoms with Gasteiger partial charge < -0.3 is 4.74 Å². The summed E-state index contributed by atoms with van der Waals surface area (Å²) in [5.74, 6) is 0. The smallest absolute Gasteiger partial charge is 0.0785 e. The minimum atomic E-state index is 0.500. The largest absolute Gasteiger partial charge is 0.381 e. The van der Waals surface area contributed by atoms with Gasteiger partial charge in [0.05, 0.1) is 7.18 Å². The van der Waals surface area contributed by atoms with Crippen molar-refractivity contribution in [2.75, 3.05) is 20.4 Å². The molecule has 1 rings (SSSR count). The summed E-state index contributed by atoms with van der Waals surface area (Å²) >= 11 is 0. The lowest BCUT2D eigenvalue weighted by atomic mass is 9.85. The molecule has 0 radical (unpaired) electrons. The van der Waals surface area contributed by atoms with Crippen LogP contribution in [-0.4, -0.2) is 20.4 Å². The van der Waals surface area contributed by atoms with Crippen molar-refractivity contribution in [3.05, 3.63) is 0 Å². The summed E-state index contributed by atoms with van der Waals surface area (Å²) in [5.41, 5.74) is 0.554. The maximum absolute atomic E-state index is 9.50. The molecule has 1 aliphatic rings. The maximum Gasteiger partial charge on any atom is 0.0785 e. The molecule has 0 aromatic heterocycles. The van der Waals surface area contributed by atoms with Crippen molar-refractivity contribution in [1.82, 2.24) is 0 Å². The van der Waals surface area contributed by atoms with E-state index < -0.39 is 0 Å². The summed E-state index contributed by atoms with van der Waals surface area (Å²) in [7, 11) is 0.500. The molecular weight excluding hydrogens is 131 g/mol. The van der Waals surface area contributed by atoms with Crippen LogP contribution >= 0.6 is 0 Å². The number of hydrogen-bond acceptors (Lipinski definition) is 1. The van der Waals surface area contributed by atoms with Gasteiger partial charge in [0.2, 0.25) is 0 Å². The van der Waals surface area contributed by atoms with Crippen LogP contribution in [0, 0.1) is 5.41 Å². The first-order chi connectivity index (χ1) is 4.71. The molecule has 2 heteroatoms. The van der Waals surface area contributed by atoms with E-state index in [2.05, 4.69) is 13.8 Å². The Labute approximate surface area is 62.6 Å². The third-order valence-electron chi connectivity index (χ3n) is 1.85. The monoisotopic (exact) mass is 148 g/mol. The predicted octanol–water partition coefficient (Wildman–Crippen LogP) is 2.41. The average Bonchev–Trinajstić information content (AvgIpc) is 1.92. The molecular formula is C8H17FO. The van der Waals surface area contributed by atoms with Crippen molar-refractivity contribution in [1.29, 1.82) is 0 Å². The van der Waals surface area contributed by atoms with Crippen LogP contribution < -0.4 is 0 Å². The topological polar surface area (TPSA) is 9.23 Å². The molecule has 62 valence electrons. The van der Waals surface area contributed by atoms with E-state index in [0.717, 1.165) is 13.2 Å². The molecule has 0 aromatic rings. The number of ether oxygens (including phenoxy) is 1. The Hall–Kier alpha value is -0.110. The highest BCUT2D eigenvalue weighted by Crippen LogP contribution is 2.27. The van der Waals surface area contributed by atoms with E-state index in [1.807, 2.05) is 0 Å². The molecule has 0 aromatic carbocycles. The van der Waals surface area contributed by atoms with E-state index in [-0.39, 0.29) is 0 Å². The summed E-state index contributed by atoms with van der Waals surface area (Å²) < 4.78 is 14.7. The van der Waals surface area contributed by atoms with Gasteiger partial charge in [-0.2, -0.15) is 0 Å². The fourth-order valence-electron chi connectivity index (χ4n) is 0.924. The predicted molar refractivity (Wildman–Crippen MR) is 40.9 cm³/mol. The highest BCUT2D eigenvalue weighted by atomic mass is 19.1. The lowest BCUT2D eigenvalue weighted by Gasteiger charge is -2.28. The standard InChI is InChI=1S/C7H14O.CH3F/c1-7(2)3-5-8-6-4-7;1-2/h3-6H2,1-2H3;1H3. The summed E-state index contributed by atoms with van der Waals surface area (Å²) in [6.07, 6.45) is 2.46. The Bertz CT molecular complexity index is 73.3. The van der Waals surface area contributed by atoms with E-state index in [4.69, 9.17) is 4.74 Å². The molecule has 0 saturated carbocycles. The van der Waals surface area contributed by atoms with Crippen LogP contribution in [0.2, 0.25) is 0 Å². The Morgan fingerprint density at radius 2 is 1.50 bits per heavy atom. The molecule has 0 amide bonds. The van der Waals surface area contributed by atoms with Crippen molar-refractivity contribution in [2.24, 2.45) is 5.41 Å². The number of hydrogen-bond donors (Lipinski definition) is 0. The maximum atomic E-state index is 9.50. The van der Waals surface area contributed by atoms with Crippen molar-refractivity contribution in [2.45, 2.75) is 26.7 Å². The van der Waals surface area contributed by atoms with Crippen LogP contribution in [-0.2, 0) is 4.74 Å². The summed E-state index contributed by atoms with van der Waals surface area (Å²) in [4.78, 5) is 0. The summed E-state index contributed by atoms with van der Waals surface area (Å²) in [5, 5.41) is 0. The van der Waals surface area contributed by atoms with E-state index in [0.29, 0.717) is 12.6 Å². The van der Waals surface area contributed by atoms with Crippen molar-refractivity contribution in [3.63, 3.8) is 0 Å².